The lowest BCUT2D eigenvalue weighted by Crippen LogP contribution is -2.07. The molecular weight excluding hydrogens is 326 g/mol. The quantitative estimate of drug-likeness (QED) is 0.787. The molecule has 1 aromatic carbocycles. The third kappa shape index (κ3) is 2.81. The van der Waals surface area contributed by atoms with Crippen molar-refractivity contribution in [3.8, 4) is 17.0 Å². The lowest BCUT2D eigenvalue weighted by atomic mass is 9.98. The van der Waals surface area contributed by atoms with Crippen molar-refractivity contribution in [2.45, 2.75) is 12.8 Å². The Labute approximate surface area is 144 Å². The second-order valence-electron chi connectivity index (χ2n) is 6.01. The fraction of sp³-hybridized carbons (Fsp3) is 0.278. The Morgan fingerprint density at radius 1 is 1.21 bits per heavy atom. The van der Waals surface area contributed by atoms with Crippen LogP contribution in [0.15, 0.2) is 36.7 Å². The van der Waals surface area contributed by atoms with Crippen molar-refractivity contribution >= 4 is 22.4 Å². The van der Waals surface area contributed by atoms with Gasteiger partial charge in [0.05, 0.1) is 5.69 Å². The van der Waals surface area contributed by atoms with E-state index in [2.05, 4.69) is 15.2 Å². The van der Waals surface area contributed by atoms with Crippen LogP contribution < -0.4 is 0 Å². The predicted molar refractivity (Wildman–Crippen MR) is 92.1 cm³/mol. The van der Waals surface area contributed by atoms with E-state index in [1.54, 1.807) is 18.3 Å². The van der Waals surface area contributed by atoms with Crippen LogP contribution in [0.2, 0.25) is 5.02 Å². The van der Waals surface area contributed by atoms with Crippen molar-refractivity contribution in [3.63, 3.8) is 0 Å². The van der Waals surface area contributed by atoms with Crippen LogP contribution in [0, 0.1) is 5.92 Å². The van der Waals surface area contributed by atoms with Crippen LogP contribution in [0.25, 0.3) is 22.0 Å². The highest BCUT2D eigenvalue weighted by Gasteiger charge is 2.20. The summed E-state index contributed by atoms with van der Waals surface area (Å²) in [5.41, 5.74) is 2.16. The minimum atomic E-state index is 0.0897. The van der Waals surface area contributed by atoms with Gasteiger partial charge in [-0.2, -0.15) is 5.10 Å². The molecular formula is C18H16ClN3O2. The highest BCUT2D eigenvalue weighted by atomic mass is 35.5. The fourth-order valence-electron chi connectivity index (χ4n) is 3.12. The summed E-state index contributed by atoms with van der Waals surface area (Å²) in [6.45, 7) is 1.58. The van der Waals surface area contributed by atoms with E-state index in [0.29, 0.717) is 22.2 Å². The molecule has 0 bridgehead atoms. The molecule has 4 rings (SSSR count). The van der Waals surface area contributed by atoms with Crippen LogP contribution in [0.4, 0.5) is 0 Å². The first-order valence-electron chi connectivity index (χ1n) is 7.88. The average molecular weight is 342 g/mol. The number of halogens is 1. The first-order chi connectivity index (χ1) is 11.7. The highest BCUT2D eigenvalue weighted by Crippen LogP contribution is 2.35. The maximum absolute atomic E-state index is 10.2. The molecule has 1 N–H and O–H groups in total. The van der Waals surface area contributed by atoms with Gasteiger partial charge in [-0.25, -0.2) is 0 Å². The van der Waals surface area contributed by atoms with Gasteiger partial charge in [0, 0.05) is 47.0 Å². The molecule has 3 heterocycles. The largest absolute Gasteiger partial charge is 0.507 e. The number of benzene rings is 1. The summed E-state index contributed by atoms with van der Waals surface area (Å²) in [6, 6.07) is 6.90. The van der Waals surface area contributed by atoms with Gasteiger partial charge in [-0.1, -0.05) is 11.6 Å². The maximum atomic E-state index is 10.2. The Morgan fingerprint density at radius 2 is 2.12 bits per heavy atom. The van der Waals surface area contributed by atoms with Crippen molar-refractivity contribution in [3.05, 3.63) is 47.4 Å². The molecule has 1 fully saturated rings. The summed E-state index contributed by atoms with van der Waals surface area (Å²) < 4.78 is 5.45. The molecule has 6 heteroatoms. The van der Waals surface area contributed by atoms with Crippen LogP contribution >= 0.6 is 11.6 Å². The van der Waals surface area contributed by atoms with Crippen LogP contribution in [0.5, 0.6) is 5.75 Å². The van der Waals surface area contributed by atoms with Gasteiger partial charge in [0.15, 0.2) is 0 Å². The van der Waals surface area contributed by atoms with E-state index in [0.717, 1.165) is 42.5 Å². The van der Waals surface area contributed by atoms with Crippen LogP contribution in [0.1, 0.15) is 12.1 Å². The number of aromatic nitrogens is 3. The van der Waals surface area contributed by atoms with Gasteiger partial charge in [-0.15, -0.1) is 5.10 Å². The van der Waals surface area contributed by atoms with E-state index in [4.69, 9.17) is 16.3 Å². The molecule has 5 nitrogen and oxygen atoms in total. The number of phenols is 1. The molecule has 3 aromatic rings. The van der Waals surface area contributed by atoms with E-state index in [1.165, 1.54) is 6.07 Å². The van der Waals surface area contributed by atoms with E-state index in [1.807, 2.05) is 12.3 Å². The number of phenolic OH excluding ortho intramolecular Hbond substituents is 1. The van der Waals surface area contributed by atoms with Crippen LogP contribution in [0.3, 0.4) is 0 Å². The van der Waals surface area contributed by atoms with E-state index in [-0.39, 0.29) is 5.75 Å². The number of pyridine rings is 1. The number of hydrogen-bond acceptors (Lipinski definition) is 5. The second-order valence-corrected chi connectivity index (χ2v) is 6.45. The molecule has 0 radical (unpaired) electrons. The Bertz CT molecular complexity index is 895. The topological polar surface area (TPSA) is 68.1 Å². The minimum absolute atomic E-state index is 0.0897. The molecule has 24 heavy (non-hydrogen) atoms. The van der Waals surface area contributed by atoms with Crippen LogP contribution in [-0.2, 0) is 11.2 Å². The van der Waals surface area contributed by atoms with Crippen molar-refractivity contribution in [2.75, 3.05) is 13.2 Å². The van der Waals surface area contributed by atoms with Crippen molar-refractivity contribution in [2.24, 2.45) is 5.92 Å². The van der Waals surface area contributed by atoms with E-state index < -0.39 is 0 Å². The molecule has 0 amide bonds. The molecule has 0 spiro atoms. The van der Waals surface area contributed by atoms with Crippen LogP contribution in [-0.4, -0.2) is 33.5 Å². The SMILES string of the molecule is Oc1cc(Cl)ccc1-c1nnc(C[C@H]2CCOC2)c2cnccc12. The Morgan fingerprint density at radius 3 is 2.92 bits per heavy atom. The number of aromatic hydroxyl groups is 1. The number of ether oxygens (including phenoxy) is 1. The van der Waals surface area contributed by atoms with Crippen molar-refractivity contribution < 1.29 is 9.84 Å². The maximum Gasteiger partial charge on any atom is 0.126 e. The molecule has 1 aliphatic rings. The lowest BCUT2D eigenvalue weighted by molar-refractivity contribution is 0.185. The molecule has 2 aromatic heterocycles. The van der Waals surface area contributed by atoms with Gasteiger partial charge < -0.3 is 9.84 Å². The Hall–Kier alpha value is -2.24. The lowest BCUT2D eigenvalue weighted by Gasteiger charge is -2.12. The summed E-state index contributed by atoms with van der Waals surface area (Å²) in [5.74, 6) is 0.560. The number of hydrogen-bond donors (Lipinski definition) is 1. The molecule has 1 saturated heterocycles. The zero-order chi connectivity index (χ0) is 16.5. The summed E-state index contributed by atoms with van der Waals surface area (Å²) >= 11 is 5.93. The Balaban J connectivity index is 1.83. The van der Waals surface area contributed by atoms with E-state index in [9.17, 15) is 5.11 Å². The molecule has 0 saturated carbocycles. The number of fused-ring (bicyclic) bond motifs is 1. The average Bonchev–Trinajstić information content (AvgIpc) is 3.09. The van der Waals surface area contributed by atoms with E-state index >= 15 is 0 Å². The Kier molecular flexibility index (Phi) is 4.04. The number of rotatable bonds is 3. The third-order valence-electron chi connectivity index (χ3n) is 4.38. The first kappa shape index (κ1) is 15.3. The summed E-state index contributed by atoms with van der Waals surface area (Å²) in [7, 11) is 0. The van der Waals surface area contributed by atoms with Gasteiger partial charge >= 0.3 is 0 Å². The monoisotopic (exact) mass is 341 g/mol. The van der Waals surface area contributed by atoms with Gasteiger partial charge in [-0.3, -0.25) is 4.98 Å². The molecule has 122 valence electrons. The van der Waals surface area contributed by atoms with Gasteiger partial charge in [0.1, 0.15) is 11.4 Å². The molecule has 1 atom stereocenters. The normalized spacial score (nSPS) is 17.5. The van der Waals surface area contributed by atoms with Gasteiger partial charge in [0.2, 0.25) is 0 Å². The summed E-state index contributed by atoms with van der Waals surface area (Å²) in [5, 5.41) is 21.4. The van der Waals surface area contributed by atoms with Gasteiger partial charge in [-0.05, 0) is 43.0 Å². The standard InChI is InChI=1S/C18H16ClN3O2/c19-12-1-2-14(17(23)8-12)18-13-3-5-20-9-15(13)16(21-22-18)7-11-4-6-24-10-11/h1-3,5,8-9,11,23H,4,6-7,10H2/t11-/m1/s1. The fourth-order valence-corrected chi connectivity index (χ4v) is 3.29. The minimum Gasteiger partial charge on any atom is -0.507 e. The third-order valence-corrected chi connectivity index (χ3v) is 4.61. The predicted octanol–water partition coefficient (Wildman–Crippen LogP) is 3.63. The smallest absolute Gasteiger partial charge is 0.126 e. The first-order valence-corrected chi connectivity index (χ1v) is 8.26. The number of nitrogens with zero attached hydrogens (tertiary/aromatic N) is 3. The second kappa shape index (κ2) is 6.34. The zero-order valence-corrected chi connectivity index (χ0v) is 13.7. The summed E-state index contributed by atoms with van der Waals surface area (Å²) in [4.78, 5) is 4.24. The van der Waals surface area contributed by atoms with Crippen molar-refractivity contribution in [1.82, 2.24) is 15.2 Å². The van der Waals surface area contributed by atoms with Gasteiger partial charge in [0.25, 0.3) is 0 Å². The molecule has 1 aliphatic heterocycles. The molecule has 0 aliphatic carbocycles. The zero-order valence-electron chi connectivity index (χ0n) is 12.9. The van der Waals surface area contributed by atoms with Crippen molar-refractivity contribution in [1.29, 1.82) is 0 Å². The summed E-state index contributed by atoms with van der Waals surface area (Å²) in [6.07, 6.45) is 5.40. The highest BCUT2D eigenvalue weighted by molar-refractivity contribution is 6.30. The molecule has 0 unspecified atom stereocenters.